The molecule has 1 heterocycles. The molecule has 0 spiro atoms. The number of aliphatic hydroxyl groups is 1. The molecule has 3 rings (SSSR count). The molecule has 1 aromatic heterocycles. The molecule has 1 aromatic carbocycles. The van der Waals surface area contributed by atoms with Crippen molar-refractivity contribution in [3.05, 3.63) is 52.0 Å². The van der Waals surface area contributed by atoms with E-state index < -0.39 is 11.0 Å². The summed E-state index contributed by atoms with van der Waals surface area (Å²) in [7, 11) is 0. The van der Waals surface area contributed by atoms with Crippen molar-refractivity contribution in [1.29, 1.82) is 0 Å². The molecule has 0 bridgehead atoms. The lowest BCUT2D eigenvalue weighted by Crippen LogP contribution is -2.30. The summed E-state index contributed by atoms with van der Waals surface area (Å²) in [5, 5.41) is 21.6. The van der Waals surface area contributed by atoms with Gasteiger partial charge in [-0.25, -0.2) is 9.37 Å². The van der Waals surface area contributed by atoms with Gasteiger partial charge in [-0.3, -0.25) is 10.1 Å². The molecule has 0 radical (unpaired) electrons. The second-order valence-electron chi connectivity index (χ2n) is 5.19. The molecule has 1 aliphatic carbocycles. The molecule has 8 heteroatoms. The smallest absolute Gasteiger partial charge is 0.345 e. The molecule has 0 amide bonds. The van der Waals surface area contributed by atoms with Gasteiger partial charge in [0.25, 0.3) is 0 Å². The summed E-state index contributed by atoms with van der Waals surface area (Å²) in [5.41, 5.74) is 0.609. The number of aromatic nitrogens is 1. The van der Waals surface area contributed by atoms with E-state index in [1.165, 1.54) is 30.5 Å². The van der Waals surface area contributed by atoms with Crippen molar-refractivity contribution in [2.45, 2.75) is 25.0 Å². The van der Waals surface area contributed by atoms with Gasteiger partial charge in [0.05, 0.1) is 17.6 Å². The molecular formula is C14H14FN3O3S. The normalized spacial score (nSPS) is 15.5. The van der Waals surface area contributed by atoms with Crippen molar-refractivity contribution in [3.63, 3.8) is 0 Å². The Morgan fingerprint density at radius 2 is 2.14 bits per heavy atom. The predicted octanol–water partition coefficient (Wildman–Crippen LogP) is 2.89. The Bertz CT molecular complexity index is 672. The highest BCUT2D eigenvalue weighted by molar-refractivity contribution is 7.18. The Balaban J connectivity index is 1.76. The highest BCUT2D eigenvalue weighted by atomic mass is 32.1. The van der Waals surface area contributed by atoms with Gasteiger partial charge in [0.2, 0.25) is 0 Å². The van der Waals surface area contributed by atoms with Crippen LogP contribution in [0.15, 0.2) is 30.5 Å². The standard InChI is InChI=1S/C14H14FN3O3S/c15-10-3-1-9(2-4-10)12(19)8-17(11-5-6-11)14-16-7-13(22-14)18(20)21/h1-4,7,11-12,19H,5-6,8H2/t12-/m0/s1. The number of thiazole rings is 1. The molecule has 6 nitrogen and oxygen atoms in total. The average molecular weight is 323 g/mol. The van der Waals surface area contributed by atoms with E-state index in [2.05, 4.69) is 4.98 Å². The summed E-state index contributed by atoms with van der Waals surface area (Å²) >= 11 is 1.00. The van der Waals surface area contributed by atoms with E-state index in [1.54, 1.807) is 0 Å². The maximum absolute atomic E-state index is 12.9. The highest BCUT2D eigenvalue weighted by Crippen LogP contribution is 2.37. The number of benzene rings is 1. The summed E-state index contributed by atoms with van der Waals surface area (Å²) in [6, 6.07) is 5.92. The quantitative estimate of drug-likeness (QED) is 0.653. The van der Waals surface area contributed by atoms with Gasteiger partial charge in [-0.05, 0) is 41.9 Å². The van der Waals surface area contributed by atoms with E-state index in [-0.39, 0.29) is 23.4 Å². The summed E-state index contributed by atoms with van der Waals surface area (Å²) < 4.78 is 12.9. The highest BCUT2D eigenvalue weighted by Gasteiger charge is 2.33. The monoisotopic (exact) mass is 323 g/mol. The van der Waals surface area contributed by atoms with Gasteiger partial charge in [-0.1, -0.05) is 12.1 Å². The second-order valence-corrected chi connectivity index (χ2v) is 6.18. The van der Waals surface area contributed by atoms with Crippen LogP contribution in [0.3, 0.4) is 0 Å². The molecule has 116 valence electrons. The number of hydrogen-bond acceptors (Lipinski definition) is 6. The first-order chi connectivity index (χ1) is 10.5. The van der Waals surface area contributed by atoms with Crippen LogP contribution in [0.4, 0.5) is 14.5 Å². The Kier molecular flexibility index (Phi) is 4.04. The van der Waals surface area contributed by atoms with Gasteiger partial charge in [0, 0.05) is 6.04 Å². The van der Waals surface area contributed by atoms with E-state index in [4.69, 9.17) is 0 Å². The summed E-state index contributed by atoms with van der Waals surface area (Å²) in [6.45, 7) is 0.279. The third-order valence-corrected chi connectivity index (χ3v) is 4.51. The summed E-state index contributed by atoms with van der Waals surface area (Å²) in [5.74, 6) is -0.356. The largest absolute Gasteiger partial charge is 0.387 e. The fourth-order valence-corrected chi connectivity index (χ4v) is 3.03. The number of halogens is 1. The van der Waals surface area contributed by atoms with Crippen molar-refractivity contribution in [1.82, 2.24) is 4.98 Å². The topological polar surface area (TPSA) is 79.5 Å². The Morgan fingerprint density at radius 1 is 1.45 bits per heavy atom. The molecule has 1 atom stereocenters. The molecule has 1 saturated carbocycles. The van der Waals surface area contributed by atoms with Gasteiger partial charge in [0.1, 0.15) is 12.0 Å². The average Bonchev–Trinajstić information content (AvgIpc) is 3.21. The van der Waals surface area contributed by atoms with Crippen molar-refractivity contribution in [3.8, 4) is 0 Å². The van der Waals surface area contributed by atoms with Crippen LogP contribution in [0.5, 0.6) is 0 Å². The lowest BCUT2D eigenvalue weighted by Gasteiger charge is -2.24. The molecule has 1 N–H and O–H groups in total. The van der Waals surface area contributed by atoms with Crippen LogP contribution in [0, 0.1) is 15.9 Å². The fraction of sp³-hybridized carbons (Fsp3) is 0.357. The van der Waals surface area contributed by atoms with Crippen LogP contribution >= 0.6 is 11.3 Å². The first-order valence-corrected chi connectivity index (χ1v) is 7.66. The van der Waals surface area contributed by atoms with Gasteiger partial charge in [-0.15, -0.1) is 0 Å². The predicted molar refractivity (Wildman–Crippen MR) is 80.5 cm³/mol. The molecule has 1 fully saturated rings. The zero-order valence-electron chi connectivity index (χ0n) is 11.6. The number of nitrogens with zero attached hydrogens (tertiary/aromatic N) is 3. The van der Waals surface area contributed by atoms with Crippen molar-refractivity contribution < 1.29 is 14.4 Å². The van der Waals surface area contributed by atoms with E-state index >= 15 is 0 Å². The van der Waals surface area contributed by atoms with Crippen molar-refractivity contribution in [2.75, 3.05) is 11.4 Å². The van der Waals surface area contributed by atoms with E-state index in [9.17, 15) is 19.6 Å². The minimum absolute atomic E-state index is 0.0167. The van der Waals surface area contributed by atoms with E-state index in [1.807, 2.05) is 4.90 Å². The molecule has 1 aliphatic rings. The molecular weight excluding hydrogens is 309 g/mol. The van der Waals surface area contributed by atoms with Crippen LogP contribution in [0.1, 0.15) is 24.5 Å². The fourth-order valence-electron chi connectivity index (χ4n) is 2.22. The first-order valence-electron chi connectivity index (χ1n) is 6.85. The number of aliphatic hydroxyl groups excluding tert-OH is 1. The van der Waals surface area contributed by atoms with E-state index in [0.717, 1.165) is 24.2 Å². The van der Waals surface area contributed by atoms with Crippen LogP contribution < -0.4 is 4.90 Å². The summed E-state index contributed by atoms with van der Waals surface area (Å²) in [6.07, 6.45) is 2.39. The lowest BCUT2D eigenvalue weighted by molar-refractivity contribution is -0.380. The van der Waals surface area contributed by atoms with Gasteiger partial charge in [-0.2, -0.15) is 0 Å². The number of anilines is 1. The molecule has 2 aromatic rings. The van der Waals surface area contributed by atoms with Crippen LogP contribution in [-0.4, -0.2) is 27.6 Å². The number of nitro groups is 1. The second kappa shape index (κ2) is 5.98. The molecule has 0 unspecified atom stereocenters. The number of hydrogen-bond donors (Lipinski definition) is 1. The van der Waals surface area contributed by atoms with Crippen LogP contribution in [0.25, 0.3) is 0 Å². The number of rotatable bonds is 6. The Hall–Kier alpha value is -2.06. The SMILES string of the molecule is O=[N+]([O-])c1cnc(N(C[C@H](O)c2ccc(F)cc2)C2CC2)s1. The Labute approximate surface area is 130 Å². The van der Waals surface area contributed by atoms with Gasteiger partial charge >= 0.3 is 5.00 Å². The van der Waals surface area contributed by atoms with Gasteiger partial charge in [0.15, 0.2) is 5.13 Å². The van der Waals surface area contributed by atoms with Crippen molar-refractivity contribution in [2.24, 2.45) is 0 Å². The minimum atomic E-state index is -0.802. The first kappa shape index (κ1) is 14.9. The Morgan fingerprint density at radius 3 is 2.68 bits per heavy atom. The minimum Gasteiger partial charge on any atom is -0.387 e. The maximum Gasteiger partial charge on any atom is 0.345 e. The third-order valence-electron chi connectivity index (χ3n) is 3.52. The third kappa shape index (κ3) is 3.23. The van der Waals surface area contributed by atoms with Crippen molar-refractivity contribution >= 4 is 21.5 Å². The van der Waals surface area contributed by atoms with Crippen LogP contribution in [0.2, 0.25) is 0 Å². The van der Waals surface area contributed by atoms with Crippen LogP contribution in [-0.2, 0) is 0 Å². The molecule has 0 aliphatic heterocycles. The zero-order valence-corrected chi connectivity index (χ0v) is 12.4. The summed E-state index contributed by atoms with van der Waals surface area (Å²) in [4.78, 5) is 16.3. The lowest BCUT2D eigenvalue weighted by atomic mass is 10.1. The molecule has 0 saturated heterocycles. The van der Waals surface area contributed by atoms with Gasteiger partial charge < -0.3 is 10.0 Å². The van der Waals surface area contributed by atoms with E-state index in [0.29, 0.717) is 10.7 Å². The zero-order chi connectivity index (χ0) is 15.7. The molecule has 22 heavy (non-hydrogen) atoms. The maximum atomic E-state index is 12.9.